The Bertz CT molecular complexity index is 657. The average Bonchev–Trinajstić information content (AvgIpc) is 2.52. The van der Waals surface area contributed by atoms with Gasteiger partial charge in [-0.2, -0.15) is 4.98 Å². The van der Waals surface area contributed by atoms with E-state index >= 15 is 0 Å². The lowest BCUT2D eigenvalue weighted by molar-refractivity contribution is 0.603. The second-order valence-electron chi connectivity index (χ2n) is 5.21. The lowest BCUT2D eigenvalue weighted by Gasteiger charge is -2.21. The Kier molecular flexibility index (Phi) is 5.84. The largest absolute Gasteiger partial charge is 0.357 e. The summed E-state index contributed by atoms with van der Waals surface area (Å²) < 4.78 is 27.1. The number of aromatic nitrogens is 2. The third kappa shape index (κ3) is 4.37. The molecule has 1 heterocycles. The van der Waals surface area contributed by atoms with Crippen LogP contribution in [0.4, 0.5) is 26.2 Å². The normalized spacial score (nSPS) is 10.7. The van der Waals surface area contributed by atoms with E-state index in [-0.39, 0.29) is 11.6 Å². The van der Waals surface area contributed by atoms with Crippen LogP contribution in [0.5, 0.6) is 0 Å². The van der Waals surface area contributed by atoms with Crippen LogP contribution < -0.4 is 10.2 Å². The van der Waals surface area contributed by atoms with Crippen molar-refractivity contribution in [2.24, 2.45) is 0 Å². The molecule has 2 rings (SSSR count). The quantitative estimate of drug-likeness (QED) is 0.826. The minimum Gasteiger partial charge on any atom is -0.357 e. The summed E-state index contributed by atoms with van der Waals surface area (Å²) in [5, 5.41) is 2.79. The van der Waals surface area contributed by atoms with Crippen LogP contribution in [0.15, 0.2) is 24.3 Å². The smallest absolute Gasteiger partial charge is 0.229 e. The number of hydrogen-bond donors (Lipinski definition) is 1. The highest BCUT2D eigenvalue weighted by Crippen LogP contribution is 2.22. The molecule has 0 saturated heterocycles. The Morgan fingerprint density at radius 2 is 1.78 bits per heavy atom. The summed E-state index contributed by atoms with van der Waals surface area (Å²) >= 11 is 0. The predicted molar refractivity (Wildman–Crippen MR) is 89.2 cm³/mol. The first kappa shape index (κ1) is 17.1. The van der Waals surface area contributed by atoms with E-state index in [4.69, 9.17) is 0 Å². The van der Waals surface area contributed by atoms with E-state index in [2.05, 4.69) is 27.1 Å². The summed E-state index contributed by atoms with van der Waals surface area (Å²) in [6.45, 7) is 7.78. The zero-order valence-corrected chi connectivity index (χ0v) is 13.7. The monoisotopic (exact) mass is 320 g/mol. The lowest BCUT2D eigenvalue weighted by atomic mass is 10.2. The molecule has 0 aliphatic rings. The summed E-state index contributed by atoms with van der Waals surface area (Å²) in [5.74, 6) is 0.0120. The molecule has 0 aliphatic carbocycles. The van der Waals surface area contributed by atoms with Gasteiger partial charge >= 0.3 is 0 Å². The number of nitrogens with one attached hydrogen (secondary N) is 1. The maximum Gasteiger partial charge on any atom is 0.229 e. The molecule has 2 aromatic rings. The third-order valence-corrected chi connectivity index (χ3v) is 3.53. The minimum atomic E-state index is -0.541. The third-order valence-electron chi connectivity index (χ3n) is 3.53. The molecular weight excluding hydrogens is 298 g/mol. The first-order valence-corrected chi connectivity index (χ1v) is 7.92. The molecule has 1 aromatic heterocycles. The van der Waals surface area contributed by atoms with Crippen LogP contribution in [0.25, 0.3) is 0 Å². The maximum atomic E-state index is 13.8. The number of aryl methyl sites for hydroxylation is 1. The summed E-state index contributed by atoms with van der Waals surface area (Å²) in [7, 11) is 0. The Balaban J connectivity index is 2.38. The summed E-state index contributed by atoms with van der Waals surface area (Å²) in [5.41, 5.74) is 0.910. The first-order valence-electron chi connectivity index (χ1n) is 7.92. The highest BCUT2D eigenvalue weighted by Gasteiger charge is 2.11. The van der Waals surface area contributed by atoms with Gasteiger partial charge in [0.2, 0.25) is 5.95 Å². The number of hydrogen-bond acceptors (Lipinski definition) is 4. The second-order valence-corrected chi connectivity index (χ2v) is 5.21. The van der Waals surface area contributed by atoms with Crippen LogP contribution in [0.1, 0.15) is 32.9 Å². The number of halogens is 2. The molecule has 124 valence electrons. The van der Waals surface area contributed by atoms with E-state index in [0.717, 1.165) is 55.6 Å². The van der Waals surface area contributed by atoms with Crippen molar-refractivity contribution in [1.29, 1.82) is 0 Å². The molecule has 6 heteroatoms. The van der Waals surface area contributed by atoms with Crippen molar-refractivity contribution in [3.05, 3.63) is 41.6 Å². The molecular formula is C17H22F2N4. The van der Waals surface area contributed by atoms with E-state index in [1.807, 2.05) is 19.9 Å². The summed E-state index contributed by atoms with van der Waals surface area (Å²) in [6, 6.07) is 5.21. The van der Waals surface area contributed by atoms with Gasteiger partial charge in [0.25, 0.3) is 0 Å². The highest BCUT2D eigenvalue weighted by atomic mass is 19.1. The summed E-state index contributed by atoms with van der Waals surface area (Å²) in [6.07, 6.45) is 1.75. The van der Waals surface area contributed by atoms with Crippen molar-refractivity contribution in [1.82, 2.24) is 9.97 Å². The average molecular weight is 320 g/mol. The van der Waals surface area contributed by atoms with Gasteiger partial charge in [-0.15, -0.1) is 0 Å². The van der Waals surface area contributed by atoms with Crippen molar-refractivity contribution < 1.29 is 8.78 Å². The standard InChI is InChI=1S/C17H22F2N4/c1-4-7-13-11-16(23(5-2)6-3)22-17(20-13)21-15-10-12(18)8-9-14(15)19/h8-11H,4-7H2,1-3H3,(H,20,21,22). The van der Waals surface area contributed by atoms with E-state index in [9.17, 15) is 8.78 Å². The van der Waals surface area contributed by atoms with Crippen LogP contribution in [-0.2, 0) is 6.42 Å². The molecule has 0 atom stereocenters. The second kappa shape index (κ2) is 7.85. The number of anilines is 3. The molecule has 0 amide bonds. The molecule has 0 spiro atoms. The van der Waals surface area contributed by atoms with E-state index in [0.29, 0.717) is 0 Å². The molecule has 0 bridgehead atoms. The van der Waals surface area contributed by atoms with Gasteiger partial charge in [-0.3, -0.25) is 0 Å². The molecule has 4 nitrogen and oxygen atoms in total. The molecule has 1 aromatic carbocycles. The maximum absolute atomic E-state index is 13.8. The fraction of sp³-hybridized carbons (Fsp3) is 0.412. The SMILES string of the molecule is CCCc1cc(N(CC)CC)nc(Nc2cc(F)ccc2F)n1. The Hall–Kier alpha value is -2.24. The fourth-order valence-corrected chi connectivity index (χ4v) is 2.35. The molecule has 0 fully saturated rings. The predicted octanol–water partition coefficient (Wildman–Crippen LogP) is 4.30. The van der Waals surface area contributed by atoms with Crippen LogP contribution in [0.2, 0.25) is 0 Å². The van der Waals surface area contributed by atoms with Crippen molar-refractivity contribution in [3.8, 4) is 0 Å². The van der Waals surface area contributed by atoms with Gasteiger partial charge in [-0.25, -0.2) is 13.8 Å². The summed E-state index contributed by atoms with van der Waals surface area (Å²) in [4.78, 5) is 10.9. The van der Waals surface area contributed by atoms with Crippen LogP contribution in [0, 0.1) is 11.6 Å². The van der Waals surface area contributed by atoms with Crippen LogP contribution in [-0.4, -0.2) is 23.1 Å². The first-order chi connectivity index (χ1) is 11.1. The highest BCUT2D eigenvalue weighted by molar-refractivity contribution is 5.56. The van der Waals surface area contributed by atoms with Gasteiger partial charge in [-0.05, 0) is 32.4 Å². The molecule has 0 aliphatic heterocycles. The topological polar surface area (TPSA) is 41.1 Å². The fourth-order valence-electron chi connectivity index (χ4n) is 2.35. The van der Waals surface area contributed by atoms with E-state index in [1.165, 1.54) is 0 Å². The van der Waals surface area contributed by atoms with Gasteiger partial charge in [0.1, 0.15) is 17.5 Å². The number of benzene rings is 1. The van der Waals surface area contributed by atoms with Gasteiger partial charge in [-0.1, -0.05) is 13.3 Å². The van der Waals surface area contributed by atoms with E-state index in [1.54, 1.807) is 0 Å². The molecule has 23 heavy (non-hydrogen) atoms. The lowest BCUT2D eigenvalue weighted by Crippen LogP contribution is -2.23. The van der Waals surface area contributed by atoms with Crippen molar-refractivity contribution in [3.63, 3.8) is 0 Å². The molecule has 1 N–H and O–H groups in total. The molecule has 0 radical (unpaired) electrons. The van der Waals surface area contributed by atoms with Gasteiger partial charge in [0.15, 0.2) is 0 Å². The zero-order chi connectivity index (χ0) is 16.8. The molecule has 0 saturated carbocycles. The van der Waals surface area contributed by atoms with Gasteiger partial charge in [0, 0.05) is 30.9 Å². The van der Waals surface area contributed by atoms with Gasteiger partial charge in [0.05, 0.1) is 5.69 Å². The van der Waals surface area contributed by atoms with Crippen molar-refractivity contribution in [2.45, 2.75) is 33.6 Å². The number of nitrogens with zero attached hydrogens (tertiary/aromatic N) is 3. The Morgan fingerprint density at radius 1 is 1.04 bits per heavy atom. The van der Waals surface area contributed by atoms with E-state index < -0.39 is 11.6 Å². The minimum absolute atomic E-state index is 0.0316. The Labute approximate surface area is 135 Å². The molecule has 0 unspecified atom stereocenters. The zero-order valence-electron chi connectivity index (χ0n) is 13.7. The van der Waals surface area contributed by atoms with Crippen LogP contribution in [0.3, 0.4) is 0 Å². The van der Waals surface area contributed by atoms with Crippen molar-refractivity contribution >= 4 is 17.5 Å². The Morgan fingerprint density at radius 3 is 2.43 bits per heavy atom. The number of rotatable bonds is 7. The van der Waals surface area contributed by atoms with Gasteiger partial charge < -0.3 is 10.2 Å². The van der Waals surface area contributed by atoms with Crippen molar-refractivity contribution in [2.75, 3.05) is 23.3 Å². The van der Waals surface area contributed by atoms with Crippen LogP contribution >= 0.6 is 0 Å².